The summed E-state index contributed by atoms with van der Waals surface area (Å²) in [7, 11) is 0. The molecule has 0 amide bonds. The summed E-state index contributed by atoms with van der Waals surface area (Å²) in [5.74, 6) is 0. The molecule has 0 aromatic heterocycles. The highest BCUT2D eigenvalue weighted by Gasteiger charge is 2.10. The topological polar surface area (TPSA) is 66.5 Å². The first kappa shape index (κ1) is 7.88. The molecule has 3 nitrogen and oxygen atoms in total. The summed E-state index contributed by atoms with van der Waals surface area (Å²) < 4.78 is 0. The Morgan fingerprint density at radius 1 is 1.38 bits per heavy atom. The molecule has 0 radical (unpaired) electrons. The maximum Gasteiger partial charge on any atom is 0.0920 e. The minimum absolute atomic E-state index is 0.134. The first-order chi connectivity index (χ1) is 3.72. The summed E-state index contributed by atoms with van der Waals surface area (Å²) in [5, 5.41) is 17.5. The summed E-state index contributed by atoms with van der Waals surface area (Å²) in [6.07, 6.45) is -0.849. The van der Waals surface area contributed by atoms with Crippen molar-refractivity contribution in [2.45, 2.75) is 25.6 Å². The third kappa shape index (κ3) is 2.26. The fourth-order valence-corrected chi connectivity index (χ4v) is 0.429. The Hall–Kier alpha value is -0.120. The fourth-order valence-electron chi connectivity index (χ4n) is 0.429. The van der Waals surface area contributed by atoms with Crippen LogP contribution in [0.2, 0.25) is 0 Å². The average molecular weight is 119 g/mol. The molecule has 0 aromatic rings. The minimum Gasteiger partial charge on any atom is -0.390 e. The quantitative estimate of drug-likeness (QED) is 0.450. The predicted molar refractivity (Wildman–Crippen MR) is 31.4 cm³/mol. The summed E-state index contributed by atoms with van der Waals surface area (Å²) in [6.45, 7) is 1.93. The Bertz CT molecular complexity index is 50.4. The van der Waals surface area contributed by atoms with Crippen LogP contribution in [-0.4, -0.2) is 29.0 Å². The van der Waals surface area contributed by atoms with Crippen LogP contribution in [0.25, 0.3) is 0 Å². The van der Waals surface area contributed by atoms with E-state index in [0.29, 0.717) is 6.42 Å². The van der Waals surface area contributed by atoms with Gasteiger partial charge in [-0.15, -0.1) is 0 Å². The Morgan fingerprint density at radius 2 is 1.88 bits per heavy atom. The van der Waals surface area contributed by atoms with Crippen molar-refractivity contribution < 1.29 is 10.2 Å². The largest absolute Gasteiger partial charge is 0.390 e. The smallest absolute Gasteiger partial charge is 0.0920 e. The Morgan fingerprint density at radius 3 is 2.00 bits per heavy atom. The van der Waals surface area contributed by atoms with E-state index in [1.54, 1.807) is 6.92 Å². The van der Waals surface area contributed by atoms with Crippen LogP contribution in [0.3, 0.4) is 0 Å². The number of hydrogen-bond acceptors (Lipinski definition) is 3. The molecule has 0 aliphatic heterocycles. The normalized spacial score (nSPS) is 18.0. The maximum absolute atomic E-state index is 8.80. The molecule has 3 heteroatoms. The summed E-state index contributed by atoms with van der Waals surface area (Å²) >= 11 is 0. The molecule has 0 spiro atoms. The number of aliphatic hydroxyl groups excluding tert-OH is 2. The molecule has 0 aliphatic carbocycles. The van der Waals surface area contributed by atoms with Crippen molar-refractivity contribution in [3.8, 4) is 0 Å². The van der Waals surface area contributed by atoms with Crippen LogP contribution in [0.4, 0.5) is 0 Å². The first-order valence-electron chi connectivity index (χ1n) is 2.78. The van der Waals surface area contributed by atoms with Crippen LogP contribution >= 0.6 is 0 Å². The van der Waals surface area contributed by atoms with Crippen LogP contribution in [0.5, 0.6) is 0 Å². The molecule has 0 saturated heterocycles. The van der Waals surface area contributed by atoms with Crippen molar-refractivity contribution in [3.05, 3.63) is 0 Å². The molecule has 0 rings (SSSR count). The van der Waals surface area contributed by atoms with E-state index in [1.165, 1.54) is 0 Å². The van der Waals surface area contributed by atoms with Crippen LogP contribution in [0.1, 0.15) is 13.3 Å². The van der Waals surface area contributed by atoms with Gasteiger partial charge in [-0.25, -0.2) is 0 Å². The fraction of sp³-hybridized carbons (Fsp3) is 1.00. The van der Waals surface area contributed by atoms with Crippen LogP contribution in [0, 0.1) is 0 Å². The van der Waals surface area contributed by atoms with Crippen molar-refractivity contribution in [1.29, 1.82) is 0 Å². The lowest BCUT2D eigenvalue weighted by molar-refractivity contribution is 0.0234. The molecule has 0 saturated carbocycles. The number of aliphatic hydroxyl groups is 2. The molecular weight excluding hydrogens is 106 g/mol. The van der Waals surface area contributed by atoms with Gasteiger partial charge in [-0.2, -0.15) is 0 Å². The van der Waals surface area contributed by atoms with E-state index >= 15 is 0 Å². The van der Waals surface area contributed by atoms with E-state index in [1.807, 2.05) is 0 Å². The van der Waals surface area contributed by atoms with Crippen LogP contribution < -0.4 is 5.73 Å². The zero-order valence-corrected chi connectivity index (χ0v) is 5.04. The zero-order valence-electron chi connectivity index (χ0n) is 5.04. The second-order valence-corrected chi connectivity index (χ2v) is 1.78. The third-order valence-corrected chi connectivity index (χ3v) is 1.10. The van der Waals surface area contributed by atoms with Gasteiger partial charge in [0.2, 0.25) is 0 Å². The molecule has 0 fully saturated rings. The van der Waals surface area contributed by atoms with Gasteiger partial charge >= 0.3 is 0 Å². The maximum atomic E-state index is 8.80. The minimum atomic E-state index is -0.750. The van der Waals surface area contributed by atoms with Crippen molar-refractivity contribution in [2.24, 2.45) is 5.73 Å². The van der Waals surface area contributed by atoms with E-state index in [9.17, 15) is 0 Å². The van der Waals surface area contributed by atoms with Gasteiger partial charge in [-0.1, -0.05) is 6.92 Å². The lowest BCUT2D eigenvalue weighted by atomic mass is 10.1. The van der Waals surface area contributed by atoms with Gasteiger partial charge in [0.15, 0.2) is 0 Å². The molecule has 2 atom stereocenters. The van der Waals surface area contributed by atoms with Crippen molar-refractivity contribution in [2.75, 3.05) is 6.54 Å². The SMILES string of the molecule is CCC(O)C(O)CN. The summed E-state index contributed by atoms with van der Waals surface area (Å²) in [5.41, 5.74) is 5.04. The monoisotopic (exact) mass is 119 g/mol. The molecule has 4 N–H and O–H groups in total. The highest BCUT2D eigenvalue weighted by Crippen LogP contribution is 1.94. The summed E-state index contributed by atoms with van der Waals surface area (Å²) in [4.78, 5) is 0. The molecule has 0 bridgehead atoms. The van der Waals surface area contributed by atoms with E-state index in [4.69, 9.17) is 15.9 Å². The Labute approximate surface area is 49.1 Å². The predicted octanol–water partition coefficient (Wildman–Crippen LogP) is -0.923. The van der Waals surface area contributed by atoms with E-state index in [2.05, 4.69) is 0 Å². The number of nitrogens with two attached hydrogens (primary N) is 1. The second kappa shape index (κ2) is 3.83. The van der Waals surface area contributed by atoms with Gasteiger partial charge in [-0.3, -0.25) is 0 Å². The van der Waals surface area contributed by atoms with Crippen molar-refractivity contribution in [3.63, 3.8) is 0 Å². The van der Waals surface area contributed by atoms with Crippen molar-refractivity contribution in [1.82, 2.24) is 0 Å². The van der Waals surface area contributed by atoms with Crippen LogP contribution in [0.15, 0.2) is 0 Å². The molecule has 50 valence electrons. The molecule has 2 unspecified atom stereocenters. The molecular formula is C5H13NO2. The Balaban J connectivity index is 3.29. The standard InChI is InChI=1S/C5H13NO2/c1-2-4(7)5(8)3-6/h4-5,7-8H,2-3,6H2,1H3. The Kier molecular flexibility index (Phi) is 3.77. The first-order valence-corrected chi connectivity index (χ1v) is 2.78. The molecule has 0 aromatic carbocycles. The van der Waals surface area contributed by atoms with E-state index in [0.717, 1.165) is 0 Å². The van der Waals surface area contributed by atoms with Gasteiger partial charge in [0.05, 0.1) is 12.2 Å². The zero-order chi connectivity index (χ0) is 6.57. The van der Waals surface area contributed by atoms with Gasteiger partial charge in [-0.05, 0) is 6.42 Å². The van der Waals surface area contributed by atoms with Crippen molar-refractivity contribution >= 4 is 0 Å². The van der Waals surface area contributed by atoms with Gasteiger partial charge in [0.1, 0.15) is 0 Å². The lowest BCUT2D eigenvalue weighted by Gasteiger charge is -2.12. The molecule has 8 heavy (non-hydrogen) atoms. The molecule has 0 aliphatic rings. The number of hydrogen-bond donors (Lipinski definition) is 3. The lowest BCUT2D eigenvalue weighted by Crippen LogP contribution is -2.32. The summed E-state index contributed by atoms with van der Waals surface area (Å²) in [6, 6.07) is 0. The van der Waals surface area contributed by atoms with Gasteiger partial charge < -0.3 is 15.9 Å². The van der Waals surface area contributed by atoms with Crippen LogP contribution in [-0.2, 0) is 0 Å². The average Bonchev–Trinajstić information content (AvgIpc) is 1.84. The highest BCUT2D eigenvalue weighted by atomic mass is 16.3. The van der Waals surface area contributed by atoms with Gasteiger partial charge in [0.25, 0.3) is 0 Å². The molecule has 0 heterocycles. The van der Waals surface area contributed by atoms with E-state index in [-0.39, 0.29) is 6.54 Å². The van der Waals surface area contributed by atoms with E-state index < -0.39 is 12.2 Å². The van der Waals surface area contributed by atoms with Gasteiger partial charge in [0, 0.05) is 6.54 Å². The number of rotatable bonds is 3. The highest BCUT2D eigenvalue weighted by molar-refractivity contribution is 4.64. The third-order valence-electron chi connectivity index (χ3n) is 1.10. The second-order valence-electron chi connectivity index (χ2n) is 1.78.